The van der Waals surface area contributed by atoms with Gasteiger partial charge in [-0.3, -0.25) is 14.4 Å². The summed E-state index contributed by atoms with van der Waals surface area (Å²) >= 11 is 0. The third kappa shape index (κ3) is 3.68. The first-order valence-electron chi connectivity index (χ1n) is 7.97. The van der Waals surface area contributed by atoms with E-state index in [4.69, 9.17) is 0 Å². The first-order chi connectivity index (χ1) is 11.6. The molecule has 0 amide bonds. The number of rotatable bonds is 4. The maximum atomic E-state index is 12.6. The summed E-state index contributed by atoms with van der Waals surface area (Å²) in [5.41, 5.74) is 2.52. The number of nitrogens with zero attached hydrogens (tertiary/aromatic N) is 4. The lowest BCUT2D eigenvalue weighted by atomic mass is 10.2. The predicted octanol–water partition coefficient (Wildman–Crippen LogP) is 2.87. The molecule has 5 heteroatoms. The Kier molecular flexibility index (Phi) is 4.70. The number of carbonyl (C=O) groups excluding carboxylic acids is 1. The van der Waals surface area contributed by atoms with Gasteiger partial charge in [-0.25, -0.2) is 4.68 Å². The van der Waals surface area contributed by atoms with Crippen LogP contribution in [0.3, 0.4) is 0 Å². The molecule has 0 atom stereocenters. The van der Waals surface area contributed by atoms with Crippen LogP contribution in [0.25, 0.3) is 5.69 Å². The van der Waals surface area contributed by atoms with Crippen molar-refractivity contribution in [3.8, 4) is 5.69 Å². The Morgan fingerprint density at radius 1 is 1.12 bits per heavy atom. The Hall–Kier alpha value is -2.95. The van der Waals surface area contributed by atoms with Crippen LogP contribution in [0, 0.1) is 0 Å². The van der Waals surface area contributed by atoms with Crippen LogP contribution in [-0.4, -0.2) is 26.3 Å². The number of pyridine rings is 1. The Bertz CT molecular complexity index is 891. The molecule has 0 spiro atoms. The van der Waals surface area contributed by atoms with Gasteiger partial charge in [0, 0.05) is 18.4 Å². The minimum Gasteiger partial charge on any atom is -0.274 e. The van der Waals surface area contributed by atoms with Crippen molar-refractivity contribution < 1.29 is 4.79 Å². The molecule has 122 valence electrons. The smallest absolute Gasteiger partial charge is 0.236 e. The second-order valence-corrected chi connectivity index (χ2v) is 5.85. The largest absolute Gasteiger partial charge is 0.274 e. The van der Waals surface area contributed by atoms with E-state index in [1.165, 1.54) is 0 Å². The van der Waals surface area contributed by atoms with Crippen LogP contribution in [-0.2, 0) is 6.42 Å². The minimum absolute atomic E-state index is 0.0254. The van der Waals surface area contributed by atoms with E-state index >= 15 is 0 Å². The van der Waals surface area contributed by atoms with Crippen LogP contribution < -0.4 is 5.49 Å². The van der Waals surface area contributed by atoms with E-state index in [0.29, 0.717) is 5.49 Å². The maximum absolute atomic E-state index is 12.6. The van der Waals surface area contributed by atoms with Crippen molar-refractivity contribution in [3.05, 3.63) is 78.2 Å². The summed E-state index contributed by atoms with van der Waals surface area (Å²) < 4.78 is 3.37. The highest BCUT2D eigenvalue weighted by Gasteiger charge is 2.09. The van der Waals surface area contributed by atoms with E-state index in [2.05, 4.69) is 10.1 Å². The molecule has 3 rings (SSSR count). The lowest BCUT2D eigenvalue weighted by Gasteiger charge is -2.06. The van der Waals surface area contributed by atoms with Crippen molar-refractivity contribution in [3.63, 3.8) is 0 Å². The molecular formula is C19H20N4O. The van der Waals surface area contributed by atoms with E-state index in [1.807, 2.05) is 68.6 Å². The van der Waals surface area contributed by atoms with Gasteiger partial charge in [0.25, 0.3) is 0 Å². The highest BCUT2D eigenvalue weighted by Crippen LogP contribution is 2.08. The molecule has 0 fully saturated rings. The number of para-hydroxylation sites is 1. The van der Waals surface area contributed by atoms with Crippen LogP contribution in [0.4, 0.5) is 0 Å². The van der Waals surface area contributed by atoms with E-state index < -0.39 is 0 Å². The van der Waals surface area contributed by atoms with Gasteiger partial charge in [-0.2, -0.15) is 5.10 Å². The SMILES string of the molecule is CC(C)N=c1ccccn1C(=O)Cc1cnn(-c2ccccc2)c1. The summed E-state index contributed by atoms with van der Waals surface area (Å²) in [6, 6.07) is 15.5. The van der Waals surface area contributed by atoms with Crippen molar-refractivity contribution in [2.24, 2.45) is 4.99 Å². The van der Waals surface area contributed by atoms with Gasteiger partial charge in [-0.15, -0.1) is 0 Å². The lowest BCUT2D eigenvalue weighted by Crippen LogP contribution is -2.28. The average Bonchev–Trinajstić information content (AvgIpc) is 3.04. The molecule has 1 aromatic carbocycles. The van der Waals surface area contributed by atoms with Crippen molar-refractivity contribution in [1.82, 2.24) is 14.3 Å². The van der Waals surface area contributed by atoms with Crippen molar-refractivity contribution >= 4 is 5.91 Å². The van der Waals surface area contributed by atoms with E-state index in [1.54, 1.807) is 21.6 Å². The summed E-state index contributed by atoms with van der Waals surface area (Å²) in [5.74, 6) is -0.0254. The fraction of sp³-hybridized carbons (Fsp3) is 0.211. The minimum atomic E-state index is -0.0254. The molecule has 0 aliphatic rings. The Balaban J connectivity index is 1.83. The molecule has 0 saturated heterocycles. The zero-order valence-corrected chi connectivity index (χ0v) is 13.8. The lowest BCUT2D eigenvalue weighted by molar-refractivity contribution is 0.0908. The molecule has 5 nitrogen and oxygen atoms in total. The second-order valence-electron chi connectivity index (χ2n) is 5.85. The summed E-state index contributed by atoms with van der Waals surface area (Å²) in [6.45, 7) is 3.98. The first-order valence-corrected chi connectivity index (χ1v) is 7.97. The third-order valence-corrected chi connectivity index (χ3v) is 3.51. The van der Waals surface area contributed by atoms with Crippen molar-refractivity contribution in [2.75, 3.05) is 0 Å². The van der Waals surface area contributed by atoms with Gasteiger partial charge in [0.05, 0.1) is 18.3 Å². The normalized spacial score (nSPS) is 11.9. The first kappa shape index (κ1) is 15.9. The van der Waals surface area contributed by atoms with Gasteiger partial charge in [0.2, 0.25) is 5.91 Å². The molecule has 24 heavy (non-hydrogen) atoms. The Labute approximate surface area is 140 Å². The van der Waals surface area contributed by atoms with Crippen LogP contribution >= 0.6 is 0 Å². The van der Waals surface area contributed by atoms with Gasteiger partial charge in [0.1, 0.15) is 5.49 Å². The van der Waals surface area contributed by atoms with Gasteiger partial charge in [-0.1, -0.05) is 24.3 Å². The highest BCUT2D eigenvalue weighted by molar-refractivity contribution is 5.80. The van der Waals surface area contributed by atoms with Crippen LogP contribution in [0.1, 0.15) is 24.2 Å². The summed E-state index contributed by atoms with van der Waals surface area (Å²) in [6.07, 6.45) is 5.65. The molecular weight excluding hydrogens is 300 g/mol. The van der Waals surface area contributed by atoms with Gasteiger partial charge in [0.15, 0.2) is 0 Å². The Morgan fingerprint density at radius 2 is 1.88 bits per heavy atom. The average molecular weight is 320 g/mol. The zero-order chi connectivity index (χ0) is 16.9. The topological polar surface area (TPSA) is 52.2 Å². The van der Waals surface area contributed by atoms with Gasteiger partial charge < -0.3 is 0 Å². The molecule has 0 saturated carbocycles. The molecule has 0 N–H and O–H groups in total. The molecule has 0 bridgehead atoms. The molecule has 3 aromatic rings. The monoisotopic (exact) mass is 320 g/mol. The summed E-state index contributed by atoms with van der Waals surface area (Å²) in [4.78, 5) is 17.1. The number of benzene rings is 1. The third-order valence-electron chi connectivity index (χ3n) is 3.51. The number of carbonyl (C=O) groups is 1. The van der Waals surface area contributed by atoms with Crippen LogP contribution in [0.2, 0.25) is 0 Å². The summed E-state index contributed by atoms with van der Waals surface area (Å²) in [7, 11) is 0. The molecule has 0 radical (unpaired) electrons. The maximum Gasteiger partial charge on any atom is 0.236 e. The standard InChI is InChI=1S/C19H20N4O/c1-15(2)21-18-10-6-7-11-22(18)19(24)12-16-13-20-23(14-16)17-8-4-3-5-9-17/h3-11,13-15H,12H2,1-2H3. The highest BCUT2D eigenvalue weighted by atomic mass is 16.2. The zero-order valence-electron chi connectivity index (χ0n) is 13.8. The number of aromatic nitrogens is 3. The molecule has 0 unspecified atom stereocenters. The van der Waals surface area contributed by atoms with Crippen molar-refractivity contribution in [1.29, 1.82) is 0 Å². The number of hydrogen-bond acceptors (Lipinski definition) is 3. The quantitative estimate of drug-likeness (QED) is 0.742. The van der Waals surface area contributed by atoms with E-state index in [-0.39, 0.29) is 18.4 Å². The molecule has 2 aromatic heterocycles. The predicted molar refractivity (Wildman–Crippen MR) is 93.0 cm³/mol. The Morgan fingerprint density at radius 3 is 2.62 bits per heavy atom. The van der Waals surface area contributed by atoms with Gasteiger partial charge in [-0.05, 0) is 43.7 Å². The fourth-order valence-electron chi connectivity index (χ4n) is 2.45. The summed E-state index contributed by atoms with van der Waals surface area (Å²) in [5, 5.41) is 4.34. The molecule has 0 aliphatic carbocycles. The van der Waals surface area contributed by atoms with Crippen molar-refractivity contribution in [2.45, 2.75) is 26.3 Å². The van der Waals surface area contributed by atoms with Crippen LogP contribution in [0.5, 0.6) is 0 Å². The van der Waals surface area contributed by atoms with Gasteiger partial charge >= 0.3 is 0 Å². The molecule has 2 heterocycles. The van der Waals surface area contributed by atoms with Crippen LogP contribution in [0.15, 0.2) is 72.1 Å². The van der Waals surface area contributed by atoms with E-state index in [0.717, 1.165) is 11.3 Å². The second kappa shape index (κ2) is 7.08. The fourth-order valence-corrected chi connectivity index (χ4v) is 2.45. The molecule has 0 aliphatic heterocycles. The number of hydrogen-bond donors (Lipinski definition) is 0. The van der Waals surface area contributed by atoms with E-state index in [9.17, 15) is 4.79 Å².